The number of aliphatic hydroxyl groups is 2. The lowest BCUT2D eigenvalue weighted by molar-refractivity contribution is -0.0451. The number of hydrogen-bond acceptors (Lipinski definition) is 7. The van der Waals surface area contributed by atoms with Gasteiger partial charge in [0.05, 0.1) is 19.0 Å². The number of nitrogens with zero attached hydrogens (tertiary/aromatic N) is 3. The van der Waals surface area contributed by atoms with E-state index in [4.69, 9.17) is 15.6 Å². The molecule has 20 heavy (non-hydrogen) atoms. The van der Waals surface area contributed by atoms with Gasteiger partial charge in [0.2, 0.25) is 5.95 Å². The molecule has 2 atom stereocenters. The summed E-state index contributed by atoms with van der Waals surface area (Å²) in [5, 5.41) is 18.9. The van der Waals surface area contributed by atoms with Gasteiger partial charge in [-0.3, -0.25) is 9.78 Å². The largest absolute Gasteiger partial charge is 0.394 e. The van der Waals surface area contributed by atoms with Gasteiger partial charge in [0.15, 0.2) is 11.2 Å². The van der Waals surface area contributed by atoms with Gasteiger partial charge in [0, 0.05) is 13.7 Å². The van der Waals surface area contributed by atoms with Gasteiger partial charge in [0.25, 0.3) is 5.56 Å². The summed E-state index contributed by atoms with van der Waals surface area (Å²) in [6.07, 6.45) is 0.298. The Kier molecular flexibility index (Phi) is 4.32. The zero-order valence-electron chi connectivity index (χ0n) is 11.0. The molecule has 2 aromatic rings. The Morgan fingerprint density at radius 3 is 3.00 bits per heavy atom. The molecule has 0 aliphatic rings. The molecule has 9 heteroatoms. The normalized spacial score (nSPS) is 14.6. The van der Waals surface area contributed by atoms with Crippen LogP contribution in [0, 0.1) is 0 Å². The van der Waals surface area contributed by atoms with Gasteiger partial charge in [-0.15, -0.1) is 0 Å². The quantitative estimate of drug-likeness (QED) is 0.503. The SMILES string of the molecule is CO[C@@H](CO)[C@@H](O)CCn1cnc2c(=O)[nH]c(N)nc21. The second-order valence-electron chi connectivity index (χ2n) is 4.37. The molecule has 0 aliphatic carbocycles. The van der Waals surface area contributed by atoms with Crippen LogP contribution in [-0.2, 0) is 11.3 Å². The fourth-order valence-corrected chi connectivity index (χ4v) is 1.94. The summed E-state index contributed by atoms with van der Waals surface area (Å²) in [6.45, 7) is 0.0978. The predicted octanol–water partition coefficient (Wildman–Crippen LogP) is -1.54. The van der Waals surface area contributed by atoms with Crippen LogP contribution < -0.4 is 11.3 Å². The molecule has 2 heterocycles. The highest BCUT2D eigenvalue weighted by Crippen LogP contribution is 2.10. The molecule has 2 rings (SSSR count). The van der Waals surface area contributed by atoms with E-state index in [0.717, 1.165) is 0 Å². The third kappa shape index (κ3) is 2.79. The maximum atomic E-state index is 11.6. The van der Waals surface area contributed by atoms with Crippen molar-refractivity contribution in [3.05, 3.63) is 16.7 Å². The summed E-state index contributed by atoms with van der Waals surface area (Å²) < 4.78 is 6.56. The molecule has 9 nitrogen and oxygen atoms in total. The van der Waals surface area contributed by atoms with E-state index >= 15 is 0 Å². The van der Waals surface area contributed by atoms with Crippen molar-refractivity contribution in [2.45, 2.75) is 25.2 Å². The van der Waals surface area contributed by atoms with Crippen molar-refractivity contribution in [3.63, 3.8) is 0 Å². The molecule has 0 spiro atoms. The fraction of sp³-hybridized carbons (Fsp3) is 0.545. The highest BCUT2D eigenvalue weighted by molar-refractivity contribution is 5.70. The minimum absolute atomic E-state index is 0.00919. The molecule has 0 fully saturated rings. The average Bonchev–Trinajstić information content (AvgIpc) is 2.81. The number of methoxy groups -OCH3 is 1. The Bertz CT molecular complexity index is 633. The number of nitrogen functional groups attached to an aromatic ring is 1. The lowest BCUT2D eigenvalue weighted by atomic mass is 10.1. The van der Waals surface area contributed by atoms with Gasteiger partial charge in [0.1, 0.15) is 6.10 Å². The number of imidazole rings is 1. The Hall–Kier alpha value is -1.97. The number of fused-ring (bicyclic) bond motifs is 1. The number of hydrogen-bond donors (Lipinski definition) is 4. The van der Waals surface area contributed by atoms with E-state index in [0.29, 0.717) is 18.6 Å². The molecule has 0 saturated carbocycles. The third-order valence-corrected chi connectivity index (χ3v) is 3.07. The van der Waals surface area contributed by atoms with Crippen LogP contribution >= 0.6 is 0 Å². The Morgan fingerprint density at radius 2 is 2.35 bits per heavy atom. The maximum Gasteiger partial charge on any atom is 0.280 e. The van der Waals surface area contributed by atoms with Gasteiger partial charge in [-0.25, -0.2) is 4.98 Å². The number of rotatable bonds is 6. The smallest absolute Gasteiger partial charge is 0.280 e. The van der Waals surface area contributed by atoms with Crippen LogP contribution in [0.25, 0.3) is 11.2 Å². The average molecular weight is 283 g/mol. The molecule has 0 aromatic carbocycles. The van der Waals surface area contributed by atoms with Gasteiger partial charge >= 0.3 is 0 Å². The monoisotopic (exact) mass is 283 g/mol. The summed E-state index contributed by atoms with van der Waals surface area (Å²) in [5.41, 5.74) is 5.64. The van der Waals surface area contributed by atoms with Crippen LogP contribution in [-0.4, -0.2) is 55.7 Å². The van der Waals surface area contributed by atoms with Crippen LogP contribution in [0.15, 0.2) is 11.1 Å². The molecule has 2 aromatic heterocycles. The van der Waals surface area contributed by atoms with Gasteiger partial charge in [-0.2, -0.15) is 4.98 Å². The Morgan fingerprint density at radius 1 is 1.60 bits per heavy atom. The van der Waals surface area contributed by atoms with Crippen LogP contribution in [0.4, 0.5) is 5.95 Å². The van der Waals surface area contributed by atoms with Crippen molar-refractivity contribution < 1.29 is 14.9 Å². The number of nitrogens with two attached hydrogens (primary N) is 1. The first kappa shape index (κ1) is 14.4. The summed E-state index contributed by atoms with van der Waals surface area (Å²) in [4.78, 5) is 21.9. The molecular formula is C11H17N5O4. The second-order valence-corrected chi connectivity index (χ2v) is 4.37. The number of ether oxygens (including phenoxy) is 1. The fourth-order valence-electron chi connectivity index (χ4n) is 1.94. The van der Waals surface area contributed by atoms with Crippen molar-refractivity contribution in [2.24, 2.45) is 0 Å². The van der Waals surface area contributed by atoms with E-state index in [1.165, 1.54) is 13.4 Å². The lowest BCUT2D eigenvalue weighted by Crippen LogP contribution is -2.32. The summed E-state index contributed by atoms with van der Waals surface area (Å²) >= 11 is 0. The Balaban J connectivity index is 2.17. The molecule has 0 radical (unpaired) electrons. The third-order valence-electron chi connectivity index (χ3n) is 3.07. The summed E-state index contributed by atoms with van der Waals surface area (Å²) in [7, 11) is 1.42. The zero-order valence-corrected chi connectivity index (χ0v) is 11.0. The molecule has 0 unspecified atom stereocenters. The van der Waals surface area contributed by atoms with Gasteiger partial charge in [-0.05, 0) is 6.42 Å². The number of aromatic amines is 1. The van der Waals surface area contributed by atoms with E-state index in [9.17, 15) is 9.90 Å². The number of nitrogens with one attached hydrogen (secondary N) is 1. The van der Waals surface area contributed by atoms with Crippen LogP contribution in [0.3, 0.4) is 0 Å². The van der Waals surface area contributed by atoms with E-state index in [1.54, 1.807) is 4.57 Å². The highest BCUT2D eigenvalue weighted by Gasteiger charge is 2.18. The van der Waals surface area contributed by atoms with Crippen molar-refractivity contribution in [3.8, 4) is 0 Å². The second kappa shape index (κ2) is 5.99. The number of aromatic nitrogens is 4. The topological polar surface area (TPSA) is 139 Å². The molecule has 0 bridgehead atoms. The van der Waals surface area contributed by atoms with Crippen LogP contribution in [0.5, 0.6) is 0 Å². The summed E-state index contributed by atoms with van der Waals surface area (Å²) in [5.74, 6) is 0.00919. The molecule has 5 N–H and O–H groups in total. The first-order valence-corrected chi connectivity index (χ1v) is 6.09. The zero-order chi connectivity index (χ0) is 14.7. The van der Waals surface area contributed by atoms with Crippen LogP contribution in [0.2, 0.25) is 0 Å². The molecule has 110 valence electrons. The maximum absolute atomic E-state index is 11.6. The van der Waals surface area contributed by atoms with Gasteiger partial charge < -0.3 is 25.3 Å². The first-order valence-electron chi connectivity index (χ1n) is 6.09. The number of aliphatic hydroxyl groups excluding tert-OH is 2. The van der Waals surface area contributed by atoms with Crippen LogP contribution in [0.1, 0.15) is 6.42 Å². The molecule has 0 amide bonds. The van der Waals surface area contributed by atoms with Crippen molar-refractivity contribution in [1.82, 2.24) is 19.5 Å². The minimum Gasteiger partial charge on any atom is -0.394 e. The minimum atomic E-state index is -0.832. The standard InChI is InChI=1S/C11H17N5O4/c1-20-7(4-17)6(18)2-3-16-5-13-8-9(16)14-11(12)15-10(8)19/h5-7,17-18H,2-4H2,1H3,(H3,12,14,15,19)/t6-,7-/m0/s1. The van der Waals surface area contributed by atoms with E-state index < -0.39 is 17.8 Å². The van der Waals surface area contributed by atoms with Crippen molar-refractivity contribution in [1.29, 1.82) is 0 Å². The van der Waals surface area contributed by atoms with Crippen molar-refractivity contribution >= 4 is 17.1 Å². The number of aryl methyl sites for hydroxylation is 1. The number of H-pyrrole nitrogens is 1. The molecular weight excluding hydrogens is 266 g/mol. The lowest BCUT2D eigenvalue weighted by Gasteiger charge is -2.19. The molecule has 0 aliphatic heterocycles. The summed E-state index contributed by atoms with van der Waals surface area (Å²) in [6, 6.07) is 0. The molecule has 0 saturated heterocycles. The highest BCUT2D eigenvalue weighted by atomic mass is 16.5. The van der Waals surface area contributed by atoms with E-state index in [-0.39, 0.29) is 18.1 Å². The van der Waals surface area contributed by atoms with Crippen molar-refractivity contribution in [2.75, 3.05) is 19.5 Å². The predicted molar refractivity (Wildman–Crippen MR) is 71.1 cm³/mol. The van der Waals surface area contributed by atoms with Gasteiger partial charge in [-0.1, -0.05) is 0 Å². The first-order chi connectivity index (χ1) is 9.56. The number of anilines is 1. The Labute approximate surface area is 114 Å². The van der Waals surface area contributed by atoms with E-state index in [2.05, 4.69) is 15.0 Å². The van der Waals surface area contributed by atoms with E-state index in [1.807, 2.05) is 0 Å².